The van der Waals surface area contributed by atoms with Crippen LogP contribution in [0.1, 0.15) is 25.7 Å². The summed E-state index contributed by atoms with van der Waals surface area (Å²) in [6.07, 6.45) is 2.01. The number of carbonyl (C=O) groups is 1. The van der Waals surface area contributed by atoms with Crippen LogP contribution in [0.2, 0.25) is 0 Å². The van der Waals surface area contributed by atoms with Gasteiger partial charge in [-0.15, -0.1) is 0 Å². The summed E-state index contributed by atoms with van der Waals surface area (Å²) in [6.45, 7) is 0.731. The molecular weight excluding hydrogens is 375 g/mol. The highest BCUT2D eigenvalue weighted by molar-refractivity contribution is 7.89. The SMILES string of the molecule is COc1ccc(OC)c(S(=O)(=O)N2CCC[C@@](F)(C(=O)N3CCCC3)C2)c1. The van der Waals surface area contributed by atoms with Crippen LogP contribution in [-0.4, -0.2) is 69.6 Å². The molecule has 0 spiro atoms. The first-order valence-corrected chi connectivity index (χ1v) is 10.5. The van der Waals surface area contributed by atoms with Crippen molar-refractivity contribution in [1.82, 2.24) is 9.21 Å². The molecule has 1 aromatic carbocycles. The lowest BCUT2D eigenvalue weighted by Crippen LogP contribution is -2.56. The van der Waals surface area contributed by atoms with E-state index in [1.807, 2.05) is 0 Å². The predicted octanol–water partition coefficient (Wildman–Crippen LogP) is 1.82. The molecule has 0 N–H and O–H groups in total. The van der Waals surface area contributed by atoms with E-state index in [2.05, 4.69) is 0 Å². The first kappa shape index (κ1) is 19.9. The van der Waals surface area contributed by atoms with Crippen LogP contribution in [0.25, 0.3) is 0 Å². The monoisotopic (exact) mass is 400 g/mol. The number of sulfonamides is 1. The second kappa shape index (κ2) is 7.63. The summed E-state index contributed by atoms with van der Waals surface area (Å²) in [5.74, 6) is -0.0970. The Labute approximate surface area is 159 Å². The molecule has 1 amide bonds. The molecule has 0 aliphatic carbocycles. The molecule has 150 valence electrons. The first-order chi connectivity index (χ1) is 12.8. The Balaban J connectivity index is 1.90. The Hall–Kier alpha value is -1.87. The van der Waals surface area contributed by atoms with Gasteiger partial charge in [-0.3, -0.25) is 4.79 Å². The van der Waals surface area contributed by atoms with Crippen LogP contribution in [-0.2, 0) is 14.8 Å². The van der Waals surface area contributed by atoms with Crippen molar-refractivity contribution in [2.75, 3.05) is 40.4 Å². The van der Waals surface area contributed by atoms with Gasteiger partial charge in [-0.05, 0) is 37.8 Å². The lowest BCUT2D eigenvalue weighted by molar-refractivity contribution is -0.145. The number of ether oxygens (including phenoxy) is 2. The Morgan fingerprint density at radius 2 is 1.81 bits per heavy atom. The van der Waals surface area contributed by atoms with E-state index in [1.54, 1.807) is 6.07 Å². The molecule has 2 aliphatic heterocycles. The quantitative estimate of drug-likeness (QED) is 0.754. The second-order valence-electron chi connectivity index (χ2n) is 6.92. The molecule has 9 heteroatoms. The molecule has 7 nitrogen and oxygen atoms in total. The molecule has 1 atom stereocenters. The maximum atomic E-state index is 15.5. The van der Waals surface area contributed by atoms with Crippen LogP contribution in [0.4, 0.5) is 4.39 Å². The van der Waals surface area contributed by atoms with Crippen molar-refractivity contribution in [3.63, 3.8) is 0 Å². The predicted molar refractivity (Wildman–Crippen MR) is 97.2 cm³/mol. The van der Waals surface area contributed by atoms with Crippen LogP contribution >= 0.6 is 0 Å². The van der Waals surface area contributed by atoms with Crippen molar-refractivity contribution in [3.05, 3.63) is 18.2 Å². The number of hydrogen-bond acceptors (Lipinski definition) is 5. The molecular formula is C18H25FN2O5S. The first-order valence-electron chi connectivity index (χ1n) is 9.02. The van der Waals surface area contributed by atoms with Crippen molar-refractivity contribution in [1.29, 1.82) is 0 Å². The van der Waals surface area contributed by atoms with Crippen molar-refractivity contribution < 1.29 is 27.1 Å². The number of methoxy groups -OCH3 is 2. The maximum Gasteiger partial charge on any atom is 0.261 e. The Bertz CT molecular complexity index is 810. The largest absolute Gasteiger partial charge is 0.497 e. The number of rotatable bonds is 5. The highest BCUT2D eigenvalue weighted by Gasteiger charge is 2.48. The van der Waals surface area contributed by atoms with Gasteiger partial charge in [0.25, 0.3) is 5.91 Å². The third kappa shape index (κ3) is 3.75. The molecule has 2 heterocycles. The smallest absolute Gasteiger partial charge is 0.261 e. The van der Waals surface area contributed by atoms with E-state index < -0.39 is 28.1 Å². The fourth-order valence-electron chi connectivity index (χ4n) is 3.68. The molecule has 0 unspecified atom stereocenters. The summed E-state index contributed by atoms with van der Waals surface area (Å²) < 4.78 is 53.1. The van der Waals surface area contributed by atoms with Gasteiger partial charge < -0.3 is 14.4 Å². The van der Waals surface area contributed by atoms with Gasteiger partial charge in [-0.2, -0.15) is 4.31 Å². The third-order valence-electron chi connectivity index (χ3n) is 5.17. The minimum atomic E-state index is -4.05. The number of likely N-dealkylation sites (tertiary alicyclic amines) is 1. The van der Waals surface area contributed by atoms with Gasteiger partial charge in [0.1, 0.15) is 16.4 Å². The molecule has 0 radical (unpaired) electrons. The molecule has 2 saturated heterocycles. The van der Waals surface area contributed by atoms with Crippen molar-refractivity contribution in [2.45, 2.75) is 36.2 Å². The summed E-state index contributed by atoms with van der Waals surface area (Å²) in [4.78, 5) is 14.0. The molecule has 3 rings (SSSR count). The van der Waals surface area contributed by atoms with E-state index in [-0.39, 0.29) is 30.0 Å². The van der Waals surface area contributed by atoms with Gasteiger partial charge >= 0.3 is 0 Å². The zero-order chi connectivity index (χ0) is 19.7. The molecule has 0 aromatic heterocycles. The highest BCUT2D eigenvalue weighted by Crippen LogP contribution is 2.35. The van der Waals surface area contributed by atoms with E-state index in [0.29, 0.717) is 18.8 Å². The lowest BCUT2D eigenvalue weighted by atomic mass is 9.94. The highest BCUT2D eigenvalue weighted by atomic mass is 32.2. The zero-order valence-corrected chi connectivity index (χ0v) is 16.4. The minimum Gasteiger partial charge on any atom is -0.497 e. The van der Waals surface area contributed by atoms with E-state index >= 15 is 4.39 Å². The van der Waals surface area contributed by atoms with Crippen molar-refractivity contribution in [3.8, 4) is 11.5 Å². The maximum absolute atomic E-state index is 15.5. The van der Waals surface area contributed by atoms with Crippen LogP contribution in [0.5, 0.6) is 11.5 Å². The number of alkyl halides is 1. The normalized spacial score (nSPS) is 24.0. The standard InChI is InChI=1S/C18H25FN2O5S/c1-25-14-6-7-15(26-2)16(12-14)27(23,24)21-11-5-8-18(19,13-21)17(22)20-9-3-4-10-20/h6-7,12H,3-5,8-11,13H2,1-2H3/t18-/m0/s1. The molecule has 2 fully saturated rings. The van der Waals surface area contributed by atoms with Gasteiger partial charge in [-0.1, -0.05) is 0 Å². The summed E-state index contributed by atoms with van der Waals surface area (Å²) in [5.41, 5.74) is -2.19. The van der Waals surface area contributed by atoms with Crippen LogP contribution < -0.4 is 9.47 Å². The van der Waals surface area contributed by atoms with E-state index in [9.17, 15) is 13.2 Å². The Morgan fingerprint density at radius 3 is 2.44 bits per heavy atom. The minimum absolute atomic E-state index is 0.0313. The average Bonchev–Trinajstić information content (AvgIpc) is 3.21. The van der Waals surface area contributed by atoms with Gasteiger partial charge in [-0.25, -0.2) is 12.8 Å². The van der Waals surface area contributed by atoms with Gasteiger partial charge in [0.15, 0.2) is 0 Å². The molecule has 1 aromatic rings. The van der Waals surface area contributed by atoms with Gasteiger partial charge in [0, 0.05) is 25.7 Å². The number of piperidine rings is 1. The van der Waals surface area contributed by atoms with Crippen LogP contribution in [0.3, 0.4) is 0 Å². The summed E-state index contributed by atoms with van der Waals surface area (Å²) in [7, 11) is -1.25. The average molecular weight is 400 g/mol. The summed E-state index contributed by atoms with van der Waals surface area (Å²) in [6, 6.07) is 4.43. The van der Waals surface area contributed by atoms with Crippen LogP contribution in [0, 0.1) is 0 Å². The number of carbonyl (C=O) groups excluding carboxylic acids is 1. The summed E-state index contributed by atoms with van der Waals surface area (Å²) in [5, 5.41) is 0. The van der Waals surface area contributed by atoms with E-state index in [1.165, 1.54) is 31.3 Å². The number of benzene rings is 1. The number of hydrogen-bond donors (Lipinski definition) is 0. The Kier molecular flexibility index (Phi) is 5.62. The van der Waals surface area contributed by atoms with Crippen molar-refractivity contribution >= 4 is 15.9 Å². The molecule has 0 bridgehead atoms. The second-order valence-corrected chi connectivity index (χ2v) is 8.83. The van der Waals surface area contributed by atoms with Gasteiger partial charge in [0.2, 0.25) is 15.7 Å². The van der Waals surface area contributed by atoms with Crippen LogP contribution in [0.15, 0.2) is 23.1 Å². The zero-order valence-electron chi connectivity index (χ0n) is 15.6. The van der Waals surface area contributed by atoms with E-state index in [0.717, 1.165) is 17.1 Å². The fraction of sp³-hybridized carbons (Fsp3) is 0.611. The number of amides is 1. The molecule has 27 heavy (non-hydrogen) atoms. The van der Waals surface area contributed by atoms with Gasteiger partial charge in [0.05, 0.1) is 20.8 Å². The molecule has 2 aliphatic rings. The summed E-state index contributed by atoms with van der Waals surface area (Å²) >= 11 is 0. The van der Waals surface area contributed by atoms with Crippen molar-refractivity contribution in [2.24, 2.45) is 0 Å². The lowest BCUT2D eigenvalue weighted by Gasteiger charge is -2.37. The topological polar surface area (TPSA) is 76.1 Å². The third-order valence-corrected chi connectivity index (χ3v) is 7.04. The number of halogens is 1. The van der Waals surface area contributed by atoms with E-state index in [4.69, 9.17) is 9.47 Å². The number of nitrogens with zero attached hydrogens (tertiary/aromatic N) is 2. The molecule has 0 saturated carbocycles. The fourth-order valence-corrected chi connectivity index (χ4v) is 5.37. The Morgan fingerprint density at radius 1 is 1.11 bits per heavy atom.